The van der Waals surface area contributed by atoms with Crippen LogP contribution in [-0.2, 0) is 0 Å². The molecule has 1 atom stereocenters. The first-order valence-electron chi connectivity index (χ1n) is 6.11. The van der Waals surface area contributed by atoms with Gasteiger partial charge in [-0.25, -0.2) is 0 Å². The summed E-state index contributed by atoms with van der Waals surface area (Å²) >= 11 is 3.49. The number of aryl methyl sites for hydroxylation is 2. The Morgan fingerprint density at radius 3 is 2.47 bits per heavy atom. The molecule has 100 valence electrons. The number of hydrogen-bond acceptors (Lipinski definition) is 2. The lowest BCUT2D eigenvalue weighted by molar-refractivity contribution is 0.214. The fraction of sp³-hybridized carbons (Fsp3) is 0.250. The summed E-state index contributed by atoms with van der Waals surface area (Å²) in [6.07, 6.45) is -0.688. The summed E-state index contributed by atoms with van der Waals surface area (Å²) in [5, 5.41) is 10.5. The van der Waals surface area contributed by atoms with Crippen molar-refractivity contribution in [2.45, 2.75) is 20.0 Å². The van der Waals surface area contributed by atoms with E-state index in [0.29, 0.717) is 5.75 Å². The van der Waals surface area contributed by atoms with Gasteiger partial charge in [0, 0.05) is 10.0 Å². The highest BCUT2D eigenvalue weighted by Gasteiger charge is 2.16. The smallest absolute Gasteiger partial charge is 0.125 e. The molecule has 3 heteroatoms. The summed E-state index contributed by atoms with van der Waals surface area (Å²) in [6, 6.07) is 11.7. The van der Waals surface area contributed by atoms with Crippen molar-refractivity contribution in [3.63, 3.8) is 0 Å². The van der Waals surface area contributed by atoms with Gasteiger partial charge in [-0.15, -0.1) is 0 Å². The standard InChI is InChI=1S/C16H17BrO2/c1-10-4-7-15(19-3)13(8-10)16(18)12-6-5-11(2)14(17)9-12/h4-9,16,18H,1-3H3. The lowest BCUT2D eigenvalue weighted by Crippen LogP contribution is -2.03. The third-order valence-electron chi connectivity index (χ3n) is 3.19. The summed E-state index contributed by atoms with van der Waals surface area (Å²) in [7, 11) is 1.62. The van der Waals surface area contributed by atoms with Crippen molar-refractivity contribution in [3.8, 4) is 5.75 Å². The van der Waals surface area contributed by atoms with Crippen LogP contribution >= 0.6 is 15.9 Å². The van der Waals surface area contributed by atoms with Gasteiger partial charge in [0.1, 0.15) is 11.9 Å². The molecule has 0 fully saturated rings. The van der Waals surface area contributed by atoms with Crippen molar-refractivity contribution in [3.05, 3.63) is 63.1 Å². The van der Waals surface area contributed by atoms with Crippen LogP contribution in [-0.4, -0.2) is 12.2 Å². The van der Waals surface area contributed by atoms with E-state index in [1.807, 2.05) is 50.2 Å². The maximum absolute atomic E-state index is 10.5. The molecular formula is C16H17BrO2. The van der Waals surface area contributed by atoms with E-state index >= 15 is 0 Å². The van der Waals surface area contributed by atoms with Gasteiger partial charge in [-0.1, -0.05) is 39.7 Å². The van der Waals surface area contributed by atoms with Gasteiger partial charge < -0.3 is 9.84 Å². The Balaban J connectivity index is 2.45. The number of aliphatic hydroxyl groups excluding tert-OH is 1. The highest BCUT2D eigenvalue weighted by Crippen LogP contribution is 2.32. The Kier molecular flexibility index (Phi) is 4.27. The summed E-state index contributed by atoms with van der Waals surface area (Å²) in [5.41, 5.74) is 3.88. The SMILES string of the molecule is COc1ccc(C)cc1C(O)c1ccc(C)c(Br)c1. The van der Waals surface area contributed by atoms with Crippen LogP contribution in [0.15, 0.2) is 40.9 Å². The number of hydrogen-bond donors (Lipinski definition) is 1. The van der Waals surface area contributed by atoms with Crippen LogP contribution in [0.25, 0.3) is 0 Å². The van der Waals surface area contributed by atoms with Gasteiger partial charge in [0.25, 0.3) is 0 Å². The molecule has 2 aromatic rings. The minimum atomic E-state index is -0.688. The van der Waals surface area contributed by atoms with Gasteiger partial charge in [-0.2, -0.15) is 0 Å². The lowest BCUT2D eigenvalue weighted by Gasteiger charge is -2.16. The van der Waals surface area contributed by atoms with Crippen molar-refractivity contribution in [1.29, 1.82) is 0 Å². The Labute approximate surface area is 122 Å². The van der Waals surface area contributed by atoms with Crippen LogP contribution < -0.4 is 4.74 Å². The Morgan fingerprint density at radius 2 is 1.84 bits per heavy atom. The van der Waals surface area contributed by atoms with E-state index in [1.165, 1.54) is 0 Å². The molecule has 0 aliphatic carbocycles. The first kappa shape index (κ1) is 14.1. The number of benzene rings is 2. The van der Waals surface area contributed by atoms with Gasteiger partial charge in [0.05, 0.1) is 7.11 Å². The minimum Gasteiger partial charge on any atom is -0.496 e. The van der Waals surface area contributed by atoms with Crippen LogP contribution in [0.5, 0.6) is 5.75 Å². The largest absolute Gasteiger partial charge is 0.496 e. The highest BCUT2D eigenvalue weighted by atomic mass is 79.9. The van der Waals surface area contributed by atoms with Crippen molar-refractivity contribution >= 4 is 15.9 Å². The Bertz CT molecular complexity index is 593. The van der Waals surface area contributed by atoms with Gasteiger partial charge in [-0.3, -0.25) is 0 Å². The van der Waals surface area contributed by atoms with Crippen LogP contribution in [0.3, 0.4) is 0 Å². The van der Waals surface area contributed by atoms with Crippen molar-refractivity contribution in [2.75, 3.05) is 7.11 Å². The molecule has 1 unspecified atom stereocenters. The predicted octanol–water partition coefficient (Wildman–Crippen LogP) is 4.16. The van der Waals surface area contributed by atoms with Crippen molar-refractivity contribution < 1.29 is 9.84 Å². The molecular weight excluding hydrogens is 304 g/mol. The monoisotopic (exact) mass is 320 g/mol. The average molecular weight is 321 g/mol. The van der Waals surface area contributed by atoms with Crippen LogP contribution in [0.4, 0.5) is 0 Å². The molecule has 1 N–H and O–H groups in total. The second kappa shape index (κ2) is 5.76. The molecule has 0 radical (unpaired) electrons. The molecule has 2 rings (SSSR count). The zero-order valence-electron chi connectivity index (χ0n) is 11.3. The summed E-state index contributed by atoms with van der Waals surface area (Å²) in [6.45, 7) is 4.02. The first-order valence-corrected chi connectivity index (χ1v) is 6.91. The van der Waals surface area contributed by atoms with E-state index in [-0.39, 0.29) is 0 Å². The topological polar surface area (TPSA) is 29.5 Å². The van der Waals surface area contributed by atoms with Crippen LogP contribution in [0.2, 0.25) is 0 Å². The lowest BCUT2D eigenvalue weighted by atomic mass is 9.98. The van der Waals surface area contributed by atoms with Gasteiger partial charge >= 0.3 is 0 Å². The second-order valence-electron chi connectivity index (χ2n) is 4.66. The fourth-order valence-electron chi connectivity index (χ4n) is 2.03. The normalized spacial score (nSPS) is 12.3. The van der Waals surface area contributed by atoms with E-state index in [0.717, 1.165) is 26.7 Å². The van der Waals surface area contributed by atoms with E-state index in [2.05, 4.69) is 15.9 Å². The maximum atomic E-state index is 10.5. The summed E-state index contributed by atoms with van der Waals surface area (Å²) in [4.78, 5) is 0. The average Bonchev–Trinajstić information content (AvgIpc) is 2.41. The van der Waals surface area contributed by atoms with E-state index in [9.17, 15) is 5.11 Å². The molecule has 0 aliphatic rings. The maximum Gasteiger partial charge on any atom is 0.125 e. The molecule has 0 spiro atoms. The molecule has 0 bridgehead atoms. The third-order valence-corrected chi connectivity index (χ3v) is 4.05. The highest BCUT2D eigenvalue weighted by molar-refractivity contribution is 9.10. The van der Waals surface area contributed by atoms with E-state index in [4.69, 9.17) is 4.74 Å². The van der Waals surface area contributed by atoms with E-state index < -0.39 is 6.10 Å². The Hall–Kier alpha value is -1.32. The van der Waals surface area contributed by atoms with Crippen LogP contribution in [0, 0.1) is 13.8 Å². The van der Waals surface area contributed by atoms with Crippen LogP contribution in [0.1, 0.15) is 28.4 Å². The predicted molar refractivity (Wildman–Crippen MR) is 80.7 cm³/mol. The van der Waals surface area contributed by atoms with Crippen molar-refractivity contribution in [2.24, 2.45) is 0 Å². The molecule has 2 nitrogen and oxygen atoms in total. The number of halogens is 1. The molecule has 0 amide bonds. The molecule has 0 aliphatic heterocycles. The third kappa shape index (κ3) is 2.99. The number of aliphatic hydroxyl groups is 1. The number of rotatable bonds is 3. The first-order chi connectivity index (χ1) is 9.02. The summed E-state index contributed by atoms with van der Waals surface area (Å²) < 4.78 is 6.32. The second-order valence-corrected chi connectivity index (χ2v) is 5.51. The van der Waals surface area contributed by atoms with E-state index in [1.54, 1.807) is 7.11 Å². The van der Waals surface area contributed by atoms with Crippen molar-refractivity contribution in [1.82, 2.24) is 0 Å². The minimum absolute atomic E-state index is 0.688. The molecule has 0 saturated carbocycles. The molecule has 0 heterocycles. The number of methoxy groups -OCH3 is 1. The van der Waals surface area contributed by atoms with Gasteiger partial charge in [0.15, 0.2) is 0 Å². The molecule has 19 heavy (non-hydrogen) atoms. The number of ether oxygens (including phenoxy) is 1. The van der Waals surface area contributed by atoms with Gasteiger partial charge in [0.2, 0.25) is 0 Å². The molecule has 2 aromatic carbocycles. The fourth-order valence-corrected chi connectivity index (χ4v) is 2.42. The van der Waals surface area contributed by atoms with Gasteiger partial charge in [-0.05, 0) is 43.2 Å². The quantitative estimate of drug-likeness (QED) is 0.920. The molecule has 0 saturated heterocycles. The summed E-state index contributed by atoms with van der Waals surface area (Å²) in [5.74, 6) is 0.704. The zero-order valence-corrected chi connectivity index (χ0v) is 12.9. The molecule has 0 aromatic heterocycles. The Morgan fingerprint density at radius 1 is 1.11 bits per heavy atom. The zero-order chi connectivity index (χ0) is 14.0.